The van der Waals surface area contributed by atoms with Crippen molar-refractivity contribution in [3.05, 3.63) is 35.6 Å². The molecule has 140 valence electrons. The van der Waals surface area contributed by atoms with E-state index in [2.05, 4.69) is 21.5 Å². The van der Waals surface area contributed by atoms with Crippen molar-refractivity contribution < 1.29 is 13.9 Å². The molecule has 4 N–H and O–H groups in total. The van der Waals surface area contributed by atoms with Crippen molar-refractivity contribution in [2.75, 3.05) is 20.2 Å². The number of halogens is 2. The zero-order valence-electron chi connectivity index (χ0n) is 14.4. The van der Waals surface area contributed by atoms with Gasteiger partial charge in [-0.05, 0) is 37.6 Å². The maximum absolute atomic E-state index is 13.1. The van der Waals surface area contributed by atoms with Crippen LogP contribution in [0.25, 0.3) is 0 Å². The molecule has 6 nitrogen and oxygen atoms in total. The number of hydrogen-bond acceptors (Lipinski definition) is 5. The van der Waals surface area contributed by atoms with E-state index >= 15 is 0 Å². The van der Waals surface area contributed by atoms with Crippen LogP contribution >= 0.6 is 12.4 Å². The van der Waals surface area contributed by atoms with Gasteiger partial charge in [0.15, 0.2) is 0 Å². The van der Waals surface area contributed by atoms with Crippen LogP contribution in [0.3, 0.4) is 0 Å². The first kappa shape index (κ1) is 20.1. The van der Waals surface area contributed by atoms with Crippen LogP contribution in [-0.4, -0.2) is 44.2 Å². The van der Waals surface area contributed by atoms with Crippen molar-refractivity contribution in [1.82, 2.24) is 21.5 Å². The van der Waals surface area contributed by atoms with E-state index in [1.165, 1.54) is 12.1 Å². The molecule has 0 spiro atoms. The lowest BCUT2D eigenvalue weighted by Crippen LogP contribution is -2.52. The van der Waals surface area contributed by atoms with Gasteiger partial charge in [-0.15, -0.1) is 12.4 Å². The second-order valence-corrected chi connectivity index (χ2v) is 6.53. The van der Waals surface area contributed by atoms with Gasteiger partial charge in [0, 0.05) is 25.6 Å². The van der Waals surface area contributed by atoms with Gasteiger partial charge in [-0.25, -0.2) is 9.82 Å². The third kappa shape index (κ3) is 4.48. The highest BCUT2D eigenvalue weighted by Gasteiger charge is 2.41. The van der Waals surface area contributed by atoms with Gasteiger partial charge in [-0.1, -0.05) is 12.1 Å². The fourth-order valence-corrected chi connectivity index (χ4v) is 3.65. The molecule has 1 aromatic carbocycles. The Hall–Kier alpha value is -1.25. The van der Waals surface area contributed by atoms with Gasteiger partial charge in [0.2, 0.25) is 5.91 Å². The van der Waals surface area contributed by atoms with Crippen LogP contribution in [0, 0.1) is 11.7 Å². The molecule has 0 saturated carbocycles. The van der Waals surface area contributed by atoms with Crippen LogP contribution in [0.2, 0.25) is 0 Å². The number of rotatable bonds is 5. The van der Waals surface area contributed by atoms with Crippen LogP contribution in [0.15, 0.2) is 24.3 Å². The molecule has 3 rings (SSSR count). The SMILES string of the molecule is COC(c1ccc(F)cc1)C(C)NC(=O)C1NNC2CCNCC21.Cl. The van der Waals surface area contributed by atoms with Gasteiger partial charge < -0.3 is 15.4 Å². The van der Waals surface area contributed by atoms with E-state index < -0.39 is 0 Å². The van der Waals surface area contributed by atoms with E-state index in [1.54, 1.807) is 19.2 Å². The molecule has 2 saturated heterocycles. The summed E-state index contributed by atoms with van der Waals surface area (Å²) >= 11 is 0. The summed E-state index contributed by atoms with van der Waals surface area (Å²) in [6.07, 6.45) is 0.678. The van der Waals surface area contributed by atoms with Crippen LogP contribution in [-0.2, 0) is 9.53 Å². The van der Waals surface area contributed by atoms with Gasteiger partial charge >= 0.3 is 0 Å². The minimum atomic E-state index is -0.329. The molecule has 1 amide bonds. The van der Waals surface area contributed by atoms with Gasteiger partial charge in [0.1, 0.15) is 18.0 Å². The summed E-state index contributed by atoms with van der Waals surface area (Å²) in [5.41, 5.74) is 7.17. The largest absolute Gasteiger partial charge is 0.375 e. The third-order valence-corrected chi connectivity index (χ3v) is 4.94. The van der Waals surface area contributed by atoms with E-state index in [0.717, 1.165) is 25.1 Å². The molecular weight excluding hydrogens is 347 g/mol. The Morgan fingerprint density at radius 2 is 2.04 bits per heavy atom. The molecule has 0 aliphatic carbocycles. The summed E-state index contributed by atoms with van der Waals surface area (Å²) in [6.45, 7) is 3.69. The number of piperidine rings is 1. The molecule has 2 aliphatic rings. The van der Waals surface area contributed by atoms with Crippen molar-refractivity contribution in [3.63, 3.8) is 0 Å². The second-order valence-electron chi connectivity index (χ2n) is 6.53. The Morgan fingerprint density at radius 1 is 1.32 bits per heavy atom. The van der Waals surface area contributed by atoms with E-state index in [9.17, 15) is 9.18 Å². The average Bonchev–Trinajstić information content (AvgIpc) is 3.01. The van der Waals surface area contributed by atoms with Crippen LogP contribution in [0.4, 0.5) is 4.39 Å². The third-order valence-electron chi connectivity index (χ3n) is 4.94. The number of carbonyl (C=O) groups excluding carboxylic acids is 1. The molecule has 8 heteroatoms. The van der Waals surface area contributed by atoms with Crippen molar-refractivity contribution in [2.45, 2.75) is 37.6 Å². The molecule has 5 unspecified atom stereocenters. The zero-order valence-corrected chi connectivity index (χ0v) is 15.2. The summed E-state index contributed by atoms with van der Waals surface area (Å²) in [5.74, 6) is -0.101. The van der Waals surface area contributed by atoms with Crippen molar-refractivity contribution >= 4 is 18.3 Å². The van der Waals surface area contributed by atoms with Crippen LogP contribution in [0.5, 0.6) is 0 Å². The van der Waals surface area contributed by atoms with Crippen molar-refractivity contribution in [3.8, 4) is 0 Å². The maximum Gasteiger partial charge on any atom is 0.239 e. The minimum Gasteiger partial charge on any atom is -0.375 e. The smallest absolute Gasteiger partial charge is 0.239 e. The summed E-state index contributed by atoms with van der Waals surface area (Å²) < 4.78 is 18.6. The molecule has 0 aromatic heterocycles. The molecule has 5 atom stereocenters. The maximum atomic E-state index is 13.1. The highest BCUT2D eigenvalue weighted by molar-refractivity contribution is 5.85. The number of methoxy groups -OCH3 is 1. The zero-order chi connectivity index (χ0) is 17.1. The fraction of sp³-hybridized carbons (Fsp3) is 0.588. The van der Waals surface area contributed by atoms with Crippen LogP contribution in [0.1, 0.15) is 25.0 Å². The number of amides is 1. The minimum absolute atomic E-state index is 0. The molecule has 2 heterocycles. The highest BCUT2D eigenvalue weighted by Crippen LogP contribution is 2.23. The average molecular weight is 373 g/mol. The van der Waals surface area contributed by atoms with Crippen molar-refractivity contribution in [1.29, 1.82) is 0 Å². The van der Waals surface area contributed by atoms with Crippen LogP contribution < -0.4 is 21.5 Å². The monoisotopic (exact) mass is 372 g/mol. The number of nitrogens with one attached hydrogen (secondary N) is 4. The number of hydrazine groups is 1. The second kappa shape index (κ2) is 8.91. The number of benzene rings is 1. The molecule has 25 heavy (non-hydrogen) atoms. The Labute approximate surface area is 153 Å². The fourth-order valence-electron chi connectivity index (χ4n) is 3.65. The van der Waals surface area contributed by atoms with Crippen molar-refractivity contribution in [2.24, 2.45) is 5.92 Å². The van der Waals surface area contributed by atoms with Gasteiger partial charge in [-0.3, -0.25) is 10.2 Å². The summed E-state index contributed by atoms with van der Waals surface area (Å²) in [4.78, 5) is 12.7. The molecule has 2 fully saturated rings. The van der Waals surface area contributed by atoms with E-state index in [0.29, 0.717) is 6.04 Å². The number of ether oxygens (including phenoxy) is 1. The number of hydrogen-bond donors (Lipinski definition) is 4. The standard InChI is InChI=1S/C17H25FN4O2.ClH/c1-10(16(24-2)11-3-5-12(18)6-4-11)20-17(23)15-13-9-19-8-7-14(13)21-22-15;/h3-6,10,13-16,19,21-22H,7-9H2,1-2H3,(H,20,23);1H. The topological polar surface area (TPSA) is 74.4 Å². The highest BCUT2D eigenvalue weighted by atomic mass is 35.5. The Kier molecular flexibility index (Phi) is 7.15. The summed E-state index contributed by atoms with van der Waals surface area (Å²) in [7, 11) is 1.59. The molecule has 1 aromatic rings. The summed E-state index contributed by atoms with van der Waals surface area (Å²) in [6, 6.07) is 5.99. The van der Waals surface area contributed by atoms with Gasteiger partial charge in [0.05, 0.1) is 6.04 Å². The molecule has 0 radical (unpaired) electrons. The lowest BCUT2D eigenvalue weighted by atomic mass is 9.89. The molecule has 0 bridgehead atoms. The quantitative estimate of drug-likeness (QED) is 0.618. The van der Waals surface area contributed by atoms with Gasteiger partial charge in [-0.2, -0.15) is 0 Å². The summed E-state index contributed by atoms with van der Waals surface area (Å²) in [5, 5.41) is 6.37. The lowest BCUT2D eigenvalue weighted by molar-refractivity contribution is -0.125. The Bertz CT molecular complexity index is 574. The predicted octanol–water partition coefficient (Wildman–Crippen LogP) is 0.894. The van der Waals surface area contributed by atoms with E-state index in [4.69, 9.17) is 4.74 Å². The number of carbonyl (C=O) groups is 1. The van der Waals surface area contributed by atoms with Gasteiger partial charge in [0.25, 0.3) is 0 Å². The first-order valence-corrected chi connectivity index (χ1v) is 8.40. The molecule has 2 aliphatic heterocycles. The normalized spacial score (nSPS) is 27.7. The molecular formula is C17H26ClFN4O2. The Morgan fingerprint density at radius 3 is 2.72 bits per heavy atom. The number of fused-ring (bicyclic) bond motifs is 1. The predicted molar refractivity (Wildman–Crippen MR) is 95.8 cm³/mol. The van der Waals surface area contributed by atoms with E-state index in [-0.39, 0.29) is 48.2 Å². The van der Waals surface area contributed by atoms with E-state index in [1.807, 2.05) is 6.92 Å². The lowest BCUT2D eigenvalue weighted by Gasteiger charge is -2.29. The first-order chi connectivity index (χ1) is 11.6. The first-order valence-electron chi connectivity index (χ1n) is 8.40. The Balaban J connectivity index is 0.00000225.